The Hall–Kier alpha value is -0.660. The molecular weight excluding hydrogens is 466 g/mol. The van der Waals surface area contributed by atoms with E-state index in [1.54, 1.807) is 11.1 Å². The molecule has 0 fully saturated rings. The van der Waals surface area contributed by atoms with E-state index in [0.29, 0.717) is 9.04 Å². The third kappa shape index (κ3) is 4.20. The molecule has 4 heteroatoms. The quantitative estimate of drug-likeness (QED) is 0.549. The molecule has 0 spiro atoms. The van der Waals surface area contributed by atoms with E-state index in [0.717, 1.165) is 0 Å². The van der Waals surface area contributed by atoms with Crippen LogP contribution in [0, 0.1) is 0 Å². The van der Waals surface area contributed by atoms with Crippen molar-refractivity contribution in [2.75, 3.05) is 0 Å². The van der Waals surface area contributed by atoms with Crippen LogP contribution in [-0.4, -0.2) is 5.92 Å². The number of halogens is 2. The standard InChI is InChI=1S/C21H17.C2H6Si.2ClH.Zr/c1-15-14-20-18(16-8-3-2-4-9-16)12-7-13-19(20)21(15)17-10-5-6-11-17;1-3-2;;;/h2-14,21H,1H3;1-2H3;2*1H;/q;;;;+2/p-2. The van der Waals surface area contributed by atoms with Crippen LogP contribution in [0.4, 0.5) is 0 Å². The second-order valence-electron chi connectivity index (χ2n) is 7.27. The summed E-state index contributed by atoms with van der Waals surface area (Å²) in [6.07, 6.45) is 12.1. The molecule has 1 atom stereocenters. The summed E-state index contributed by atoms with van der Waals surface area (Å²) in [7, 11) is 0. The maximum absolute atomic E-state index is 2.53. The van der Waals surface area contributed by atoms with Crippen molar-refractivity contribution in [1.82, 2.24) is 0 Å². The van der Waals surface area contributed by atoms with Gasteiger partial charge in [0, 0.05) is 0 Å². The molecule has 2 aromatic carbocycles. The summed E-state index contributed by atoms with van der Waals surface area (Å²) >= 11 is -0.500. The van der Waals surface area contributed by atoms with Gasteiger partial charge in [-0.1, -0.05) is 0 Å². The zero-order chi connectivity index (χ0) is 17.4. The minimum absolute atomic E-state index is 0. The van der Waals surface area contributed by atoms with Crippen molar-refractivity contribution in [2.24, 2.45) is 0 Å². The normalized spacial score (nSPS) is 18.4. The minimum Gasteiger partial charge on any atom is -1.00 e. The minimum atomic E-state index is -0.500. The second kappa shape index (κ2) is 9.23. The molecule has 0 aromatic heterocycles. The summed E-state index contributed by atoms with van der Waals surface area (Å²) < 4.78 is 0.336. The largest absolute Gasteiger partial charge is 1.00 e. The van der Waals surface area contributed by atoms with Crippen molar-refractivity contribution in [3.63, 3.8) is 0 Å². The van der Waals surface area contributed by atoms with E-state index in [1.165, 1.54) is 16.7 Å². The van der Waals surface area contributed by atoms with Gasteiger partial charge in [0.25, 0.3) is 0 Å². The van der Waals surface area contributed by atoms with Crippen LogP contribution in [0.25, 0.3) is 17.2 Å². The monoisotopic (exact) mass is 487 g/mol. The molecule has 0 bridgehead atoms. The van der Waals surface area contributed by atoms with Crippen LogP contribution in [0.2, 0.25) is 16.2 Å². The van der Waals surface area contributed by atoms with Crippen LogP contribution < -0.4 is 24.8 Å². The van der Waals surface area contributed by atoms with Gasteiger partial charge < -0.3 is 24.8 Å². The van der Waals surface area contributed by atoms with Gasteiger partial charge in [0.1, 0.15) is 0 Å². The van der Waals surface area contributed by atoms with Crippen LogP contribution >= 0.6 is 0 Å². The first-order valence-electron chi connectivity index (χ1n) is 8.93. The van der Waals surface area contributed by atoms with Gasteiger partial charge in [0.15, 0.2) is 0 Å². The Morgan fingerprint density at radius 2 is 1.56 bits per heavy atom. The number of rotatable bonds is 4. The van der Waals surface area contributed by atoms with Gasteiger partial charge in [0.05, 0.1) is 0 Å². The third-order valence-electron chi connectivity index (χ3n) is 5.16. The summed E-state index contributed by atoms with van der Waals surface area (Å²) in [6, 6.07) is 17.7. The smallest absolute Gasteiger partial charge is 1.00 e. The Kier molecular flexibility index (Phi) is 7.73. The molecule has 2 aliphatic rings. The fraction of sp³-hybridized carbons (Fsp3) is 0.217. The van der Waals surface area contributed by atoms with Gasteiger partial charge in [0.2, 0.25) is 0 Å². The average Bonchev–Trinajstić information content (AvgIpc) is 3.18. The molecule has 1 radical (unpaired) electrons. The molecule has 0 aliphatic heterocycles. The van der Waals surface area contributed by atoms with E-state index in [4.69, 9.17) is 0 Å². The number of hydrogen-bond acceptors (Lipinski definition) is 0. The van der Waals surface area contributed by atoms with Crippen LogP contribution in [0.3, 0.4) is 0 Å². The molecule has 4 rings (SSSR count). The summed E-state index contributed by atoms with van der Waals surface area (Å²) in [5.74, 6) is 0.391. The molecule has 27 heavy (non-hydrogen) atoms. The van der Waals surface area contributed by atoms with Crippen LogP contribution in [0.1, 0.15) is 24.0 Å². The summed E-state index contributed by atoms with van der Waals surface area (Å²) in [5, 5.41) is 0. The first-order chi connectivity index (χ1) is 12.1. The Morgan fingerprint density at radius 1 is 0.889 bits per heavy atom. The third-order valence-corrected chi connectivity index (χ3v) is 14.5. The molecule has 2 aromatic rings. The first-order valence-corrected chi connectivity index (χ1v) is 16.3. The molecule has 0 N–H and O–H groups in total. The molecular formula is C23H23Cl2SiZr. The van der Waals surface area contributed by atoms with E-state index in [1.807, 2.05) is 0 Å². The fourth-order valence-electron chi connectivity index (χ4n) is 4.32. The molecule has 1 unspecified atom stereocenters. The van der Waals surface area contributed by atoms with Crippen molar-refractivity contribution in [2.45, 2.75) is 29.1 Å². The van der Waals surface area contributed by atoms with Crippen molar-refractivity contribution >= 4 is 12.0 Å². The van der Waals surface area contributed by atoms with Crippen molar-refractivity contribution < 1.29 is 47.2 Å². The first kappa shape index (κ1) is 22.6. The molecule has 0 saturated carbocycles. The predicted molar refractivity (Wildman–Crippen MR) is 107 cm³/mol. The topological polar surface area (TPSA) is 0 Å². The van der Waals surface area contributed by atoms with E-state index >= 15 is 0 Å². The molecule has 0 saturated heterocycles. The van der Waals surface area contributed by atoms with E-state index in [-0.39, 0.29) is 30.7 Å². The fourth-order valence-corrected chi connectivity index (χ4v) is 15.6. The van der Waals surface area contributed by atoms with E-state index in [9.17, 15) is 0 Å². The number of hydrogen-bond donors (Lipinski definition) is 0. The molecule has 2 aliphatic carbocycles. The van der Waals surface area contributed by atoms with Crippen LogP contribution in [-0.2, 0) is 22.4 Å². The Morgan fingerprint density at radius 3 is 2.19 bits per heavy atom. The maximum Gasteiger partial charge on any atom is -1.00 e. The molecule has 0 nitrogen and oxygen atoms in total. The van der Waals surface area contributed by atoms with Crippen molar-refractivity contribution in [1.29, 1.82) is 0 Å². The Balaban J connectivity index is 0.00000131. The average molecular weight is 490 g/mol. The van der Waals surface area contributed by atoms with Crippen molar-refractivity contribution in [3.8, 4) is 11.1 Å². The molecule has 0 amide bonds. The van der Waals surface area contributed by atoms with Gasteiger partial charge in [-0.3, -0.25) is 0 Å². The Bertz CT molecular complexity index is 873. The van der Waals surface area contributed by atoms with Crippen LogP contribution in [0.5, 0.6) is 0 Å². The predicted octanol–water partition coefficient (Wildman–Crippen LogP) is 0.480. The SMILES string of the molecule is CC1=Cc2c(-c3ccccc3)cccc2C1[C]1([Zr+2][Si](C)C)C=CC=C1.[Cl-].[Cl-]. The van der Waals surface area contributed by atoms with E-state index < -0.39 is 22.4 Å². The Labute approximate surface area is 187 Å². The number of fused-ring (bicyclic) bond motifs is 1. The zero-order valence-corrected chi connectivity index (χ0v) is 20.8. The second-order valence-corrected chi connectivity index (χ2v) is 20.9. The van der Waals surface area contributed by atoms with Gasteiger partial charge in [-0.05, 0) is 0 Å². The van der Waals surface area contributed by atoms with Gasteiger partial charge in [-0.15, -0.1) is 0 Å². The maximum atomic E-state index is 2.53. The van der Waals surface area contributed by atoms with Crippen molar-refractivity contribution in [3.05, 3.63) is 89.5 Å². The number of allylic oxidation sites excluding steroid dienone is 5. The zero-order valence-electron chi connectivity index (χ0n) is 15.8. The van der Waals surface area contributed by atoms with Crippen LogP contribution in [0.15, 0.2) is 78.4 Å². The number of benzene rings is 2. The van der Waals surface area contributed by atoms with Gasteiger partial charge in [-0.25, -0.2) is 0 Å². The van der Waals surface area contributed by atoms with E-state index in [2.05, 4.69) is 98.9 Å². The summed E-state index contributed by atoms with van der Waals surface area (Å²) in [5.41, 5.74) is 7.24. The molecule has 137 valence electrons. The van der Waals surface area contributed by atoms with Gasteiger partial charge >= 0.3 is 164 Å². The summed E-state index contributed by atoms with van der Waals surface area (Å²) in [4.78, 5) is 0. The summed E-state index contributed by atoms with van der Waals surface area (Å²) in [6.45, 7) is 7.36. The van der Waals surface area contributed by atoms with Gasteiger partial charge in [-0.2, -0.15) is 0 Å². The molecule has 0 heterocycles.